The number of quaternary nitrogens is 1. The van der Waals surface area contributed by atoms with Crippen molar-refractivity contribution in [3.05, 3.63) is 71.2 Å². The molecule has 0 atom stereocenters. The van der Waals surface area contributed by atoms with Crippen LogP contribution >= 0.6 is 11.3 Å². The number of hydrogen-bond donors (Lipinski definition) is 1. The topological polar surface area (TPSA) is 37.6 Å². The third kappa shape index (κ3) is 4.86. The van der Waals surface area contributed by atoms with E-state index in [9.17, 15) is 4.79 Å². The Bertz CT molecular complexity index is 910. The second-order valence-electron chi connectivity index (χ2n) is 7.22. The standard InChI is InChI=1S/C23H25N3OS/c27-23(13-12-22-24-20-10-4-5-11-21(20)28-22)26-17-15-25(16-18-26)14-6-9-19-7-2-1-3-8-19/h1-11H,12-18H2/p+1/b9-6+. The summed E-state index contributed by atoms with van der Waals surface area (Å²) in [5.41, 5.74) is 2.28. The van der Waals surface area contributed by atoms with Crippen LogP contribution in [0.15, 0.2) is 60.7 Å². The van der Waals surface area contributed by atoms with Crippen molar-refractivity contribution in [2.75, 3.05) is 32.7 Å². The summed E-state index contributed by atoms with van der Waals surface area (Å²) in [5, 5.41) is 1.06. The number of piperazine rings is 1. The molecule has 0 spiro atoms. The van der Waals surface area contributed by atoms with Crippen LogP contribution in [0.3, 0.4) is 0 Å². The van der Waals surface area contributed by atoms with Gasteiger partial charge in [-0.15, -0.1) is 11.3 Å². The number of hydrogen-bond acceptors (Lipinski definition) is 3. The number of carbonyl (C=O) groups excluding carboxylic acids is 1. The van der Waals surface area contributed by atoms with Gasteiger partial charge in [0, 0.05) is 12.8 Å². The number of benzene rings is 2. The largest absolute Gasteiger partial charge is 0.331 e. The van der Waals surface area contributed by atoms with Gasteiger partial charge in [0.2, 0.25) is 5.91 Å². The van der Waals surface area contributed by atoms with E-state index in [1.165, 1.54) is 10.3 Å². The van der Waals surface area contributed by atoms with Crippen molar-refractivity contribution < 1.29 is 9.69 Å². The van der Waals surface area contributed by atoms with Gasteiger partial charge in [0.25, 0.3) is 0 Å². The molecular formula is C23H26N3OS+. The molecular weight excluding hydrogens is 366 g/mol. The lowest BCUT2D eigenvalue weighted by molar-refractivity contribution is -0.898. The molecule has 5 heteroatoms. The van der Waals surface area contributed by atoms with E-state index in [0.717, 1.165) is 49.7 Å². The van der Waals surface area contributed by atoms with E-state index in [1.54, 1.807) is 16.2 Å². The Morgan fingerprint density at radius 3 is 2.61 bits per heavy atom. The zero-order valence-electron chi connectivity index (χ0n) is 16.0. The minimum absolute atomic E-state index is 0.262. The first-order valence-electron chi connectivity index (χ1n) is 9.95. The monoisotopic (exact) mass is 392 g/mol. The van der Waals surface area contributed by atoms with Crippen LogP contribution in [0.25, 0.3) is 16.3 Å². The van der Waals surface area contributed by atoms with E-state index in [2.05, 4.69) is 47.5 Å². The lowest BCUT2D eigenvalue weighted by Gasteiger charge is -2.31. The molecule has 1 saturated heterocycles. The molecule has 0 aliphatic carbocycles. The van der Waals surface area contributed by atoms with Crippen molar-refractivity contribution in [2.24, 2.45) is 0 Å². The average molecular weight is 393 g/mol. The molecule has 2 heterocycles. The van der Waals surface area contributed by atoms with E-state index in [0.29, 0.717) is 6.42 Å². The minimum Gasteiger partial charge on any atom is -0.331 e. The van der Waals surface area contributed by atoms with Gasteiger partial charge in [0.05, 0.1) is 47.9 Å². The van der Waals surface area contributed by atoms with E-state index in [1.807, 2.05) is 29.2 Å². The van der Waals surface area contributed by atoms with Gasteiger partial charge in [-0.05, 0) is 23.8 Å². The number of aryl methyl sites for hydroxylation is 1. The molecule has 0 bridgehead atoms. The highest BCUT2D eigenvalue weighted by Crippen LogP contribution is 2.22. The number of nitrogens with zero attached hydrogens (tertiary/aromatic N) is 2. The summed E-state index contributed by atoms with van der Waals surface area (Å²) < 4.78 is 1.20. The van der Waals surface area contributed by atoms with Crippen molar-refractivity contribution in [1.29, 1.82) is 0 Å². The molecule has 4 rings (SSSR count). The summed E-state index contributed by atoms with van der Waals surface area (Å²) in [6, 6.07) is 18.6. The van der Waals surface area contributed by atoms with Crippen LogP contribution in [0.1, 0.15) is 17.0 Å². The number of rotatable bonds is 6. The first-order valence-corrected chi connectivity index (χ1v) is 10.8. The fraction of sp³-hybridized carbons (Fsp3) is 0.304. The Morgan fingerprint density at radius 2 is 1.82 bits per heavy atom. The van der Waals surface area contributed by atoms with E-state index in [-0.39, 0.29) is 5.91 Å². The van der Waals surface area contributed by atoms with Crippen LogP contribution in [-0.2, 0) is 11.2 Å². The van der Waals surface area contributed by atoms with Gasteiger partial charge in [-0.3, -0.25) is 4.79 Å². The molecule has 1 N–H and O–H groups in total. The van der Waals surface area contributed by atoms with Gasteiger partial charge in [-0.25, -0.2) is 4.98 Å². The van der Waals surface area contributed by atoms with Crippen molar-refractivity contribution in [2.45, 2.75) is 12.8 Å². The Hall–Kier alpha value is -2.50. The van der Waals surface area contributed by atoms with E-state index in [4.69, 9.17) is 0 Å². The fourth-order valence-corrected chi connectivity index (χ4v) is 4.57. The Kier molecular flexibility index (Phi) is 6.14. The van der Waals surface area contributed by atoms with Crippen LogP contribution in [0, 0.1) is 0 Å². The van der Waals surface area contributed by atoms with Crippen molar-refractivity contribution >= 4 is 33.5 Å². The van der Waals surface area contributed by atoms with Gasteiger partial charge in [-0.2, -0.15) is 0 Å². The van der Waals surface area contributed by atoms with Crippen LogP contribution in [0.4, 0.5) is 0 Å². The molecule has 1 aliphatic rings. The molecule has 3 aromatic rings. The summed E-state index contributed by atoms with van der Waals surface area (Å²) in [7, 11) is 0. The molecule has 4 nitrogen and oxygen atoms in total. The van der Waals surface area contributed by atoms with E-state index < -0.39 is 0 Å². The number of thiazole rings is 1. The van der Waals surface area contributed by atoms with Crippen molar-refractivity contribution in [1.82, 2.24) is 9.88 Å². The third-order valence-electron chi connectivity index (χ3n) is 5.23. The van der Waals surface area contributed by atoms with E-state index >= 15 is 0 Å². The summed E-state index contributed by atoms with van der Waals surface area (Å²) in [6.45, 7) is 4.76. The summed E-state index contributed by atoms with van der Waals surface area (Å²) >= 11 is 1.70. The van der Waals surface area contributed by atoms with Crippen molar-refractivity contribution in [3.8, 4) is 0 Å². The van der Waals surface area contributed by atoms with Gasteiger partial charge < -0.3 is 9.80 Å². The van der Waals surface area contributed by atoms with Gasteiger partial charge in [0.15, 0.2) is 0 Å². The first-order chi connectivity index (χ1) is 13.8. The molecule has 0 radical (unpaired) electrons. The molecule has 1 fully saturated rings. The van der Waals surface area contributed by atoms with Gasteiger partial charge in [-0.1, -0.05) is 48.5 Å². The van der Waals surface area contributed by atoms with Crippen LogP contribution in [0.2, 0.25) is 0 Å². The molecule has 1 amide bonds. The molecule has 1 aliphatic heterocycles. The number of nitrogens with one attached hydrogen (secondary N) is 1. The van der Waals surface area contributed by atoms with Crippen LogP contribution in [-0.4, -0.2) is 48.5 Å². The fourth-order valence-electron chi connectivity index (χ4n) is 3.60. The maximum Gasteiger partial charge on any atom is 0.223 e. The van der Waals surface area contributed by atoms with Gasteiger partial charge in [0.1, 0.15) is 0 Å². The van der Waals surface area contributed by atoms with Crippen molar-refractivity contribution in [3.63, 3.8) is 0 Å². The predicted octanol–water partition coefficient (Wildman–Crippen LogP) is 2.67. The first kappa shape index (κ1) is 18.8. The summed E-state index contributed by atoms with van der Waals surface area (Å²) in [6.07, 6.45) is 5.73. The molecule has 1 aromatic heterocycles. The molecule has 28 heavy (non-hydrogen) atoms. The van der Waals surface area contributed by atoms with Gasteiger partial charge >= 0.3 is 0 Å². The highest BCUT2D eigenvalue weighted by atomic mass is 32.1. The summed E-state index contributed by atoms with van der Waals surface area (Å²) in [5.74, 6) is 0.262. The molecule has 2 aromatic carbocycles. The lowest BCUT2D eigenvalue weighted by Crippen LogP contribution is -3.14. The molecule has 144 valence electrons. The highest BCUT2D eigenvalue weighted by molar-refractivity contribution is 7.18. The second kappa shape index (κ2) is 9.13. The number of para-hydroxylation sites is 1. The maximum absolute atomic E-state index is 12.6. The highest BCUT2D eigenvalue weighted by Gasteiger charge is 2.22. The summed E-state index contributed by atoms with van der Waals surface area (Å²) in [4.78, 5) is 20.8. The number of aromatic nitrogens is 1. The number of carbonyl (C=O) groups is 1. The Labute approximate surface area is 170 Å². The zero-order chi connectivity index (χ0) is 19.2. The SMILES string of the molecule is O=C(CCc1nc2ccccc2s1)N1CC[NH+](C/C=C/c2ccccc2)CC1. The normalized spacial score (nSPS) is 15.5. The predicted molar refractivity (Wildman–Crippen MR) is 116 cm³/mol. The lowest BCUT2D eigenvalue weighted by atomic mass is 10.2. The maximum atomic E-state index is 12.6. The van der Waals surface area contributed by atoms with Crippen LogP contribution < -0.4 is 4.90 Å². The minimum atomic E-state index is 0.262. The van der Waals surface area contributed by atoms with Crippen LogP contribution in [0.5, 0.6) is 0 Å². The second-order valence-corrected chi connectivity index (χ2v) is 8.34. The number of amides is 1. The smallest absolute Gasteiger partial charge is 0.223 e. The Morgan fingerprint density at radius 1 is 1.07 bits per heavy atom. The molecule has 0 unspecified atom stereocenters. The average Bonchev–Trinajstić information content (AvgIpc) is 3.16. The number of fused-ring (bicyclic) bond motifs is 1. The quantitative estimate of drug-likeness (QED) is 0.700. The third-order valence-corrected chi connectivity index (χ3v) is 6.33. The Balaban J connectivity index is 1.21. The zero-order valence-corrected chi connectivity index (χ0v) is 16.8. The molecule has 0 saturated carbocycles.